The van der Waals surface area contributed by atoms with Gasteiger partial charge in [0, 0.05) is 31.4 Å². The standard InChI is InChI=1S/C15H17N9O2/c25-15(24-6-2-10(3-7-24)12-19-9-20-22-12)18-8-11-21-14(23-26-11)13-16-4-1-5-17-13/h1,4-5,9-10H,2-3,6-8H2,(H,18,25)(H,19,20,22). The molecule has 0 aromatic carbocycles. The molecular formula is C15H17N9O2. The van der Waals surface area contributed by atoms with Crippen LogP contribution in [-0.4, -0.2) is 59.3 Å². The lowest BCUT2D eigenvalue weighted by molar-refractivity contribution is 0.178. The first kappa shape index (κ1) is 16.1. The van der Waals surface area contributed by atoms with Crippen LogP contribution in [0.2, 0.25) is 0 Å². The second kappa shape index (κ2) is 7.25. The number of hydrogen-bond donors (Lipinski definition) is 2. The highest BCUT2D eigenvalue weighted by atomic mass is 16.5. The molecular weight excluding hydrogens is 338 g/mol. The molecule has 4 heterocycles. The Morgan fingerprint density at radius 2 is 2.04 bits per heavy atom. The third kappa shape index (κ3) is 3.50. The minimum absolute atomic E-state index is 0.153. The van der Waals surface area contributed by atoms with Gasteiger partial charge in [0.15, 0.2) is 0 Å². The first-order chi connectivity index (χ1) is 12.8. The Labute approximate surface area is 148 Å². The predicted octanol–water partition coefficient (Wildman–Crippen LogP) is 0.734. The van der Waals surface area contributed by atoms with E-state index in [1.54, 1.807) is 23.4 Å². The van der Waals surface area contributed by atoms with Crippen LogP contribution >= 0.6 is 0 Å². The highest BCUT2D eigenvalue weighted by Crippen LogP contribution is 2.24. The third-order valence-electron chi connectivity index (χ3n) is 4.23. The predicted molar refractivity (Wildman–Crippen MR) is 87.5 cm³/mol. The zero-order chi connectivity index (χ0) is 17.8. The van der Waals surface area contributed by atoms with Crippen LogP contribution in [0.1, 0.15) is 30.5 Å². The smallest absolute Gasteiger partial charge is 0.317 e. The van der Waals surface area contributed by atoms with Gasteiger partial charge in [-0.1, -0.05) is 5.16 Å². The number of nitrogens with zero attached hydrogens (tertiary/aromatic N) is 7. The highest BCUT2D eigenvalue weighted by Gasteiger charge is 2.25. The van der Waals surface area contributed by atoms with Crippen molar-refractivity contribution in [2.24, 2.45) is 0 Å². The van der Waals surface area contributed by atoms with E-state index in [2.05, 4.69) is 40.6 Å². The summed E-state index contributed by atoms with van der Waals surface area (Å²) in [5, 5.41) is 13.4. The van der Waals surface area contributed by atoms with Crippen LogP contribution in [-0.2, 0) is 6.54 Å². The molecule has 1 aliphatic rings. The number of H-pyrrole nitrogens is 1. The molecule has 0 spiro atoms. The summed E-state index contributed by atoms with van der Waals surface area (Å²) in [7, 11) is 0. The number of aromatic amines is 1. The number of carbonyl (C=O) groups is 1. The Bertz CT molecular complexity index is 841. The molecule has 3 aromatic rings. The van der Waals surface area contributed by atoms with E-state index in [1.165, 1.54) is 6.33 Å². The molecule has 0 saturated carbocycles. The normalized spacial score (nSPS) is 15.2. The van der Waals surface area contributed by atoms with Gasteiger partial charge in [0.25, 0.3) is 0 Å². The van der Waals surface area contributed by atoms with Crippen LogP contribution in [0.5, 0.6) is 0 Å². The van der Waals surface area contributed by atoms with E-state index in [0.717, 1.165) is 18.7 Å². The second-order valence-electron chi connectivity index (χ2n) is 5.87. The largest absolute Gasteiger partial charge is 0.337 e. The number of carbonyl (C=O) groups excluding carboxylic acids is 1. The fourth-order valence-electron chi connectivity index (χ4n) is 2.86. The third-order valence-corrected chi connectivity index (χ3v) is 4.23. The van der Waals surface area contributed by atoms with Crippen LogP contribution in [0, 0.1) is 0 Å². The average Bonchev–Trinajstić information content (AvgIpc) is 3.39. The lowest BCUT2D eigenvalue weighted by Gasteiger charge is -2.30. The van der Waals surface area contributed by atoms with Gasteiger partial charge in [-0.2, -0.15) is 10.1 Å². The molecule has 0 bridgehead atoms. The maximum absolute atomic E-state index is 12.3. The van der Waals surface area contributed by atoms with Gasteiger partial charge in [-0.15, -0.1) is 0 Å². The summed E-state index contributed by atoms with van der Waals surface area (Å²) in [5.74, 6) is 2.17. The number of rotatable bonds is 4. The van der Waals surface area contributed by atoms with Crippen molar-refractivity contribution in [3.05, 3.63) is 36.5 Å². The number of likely N-dealkylation sites (tertiary alicyclic amines) is 1. The van der Waals surface area contributed by atoms with Crippen LogP contribution in [0.15, 0.2) is 29.3 Å². The van der Waals surface area contributed by atoms with Crippen LogP contribution < -0.4 is 5.32 Å². The van der Waals surface area contributed by atoms with Crippen LogP contribution in [0.25, 0.3) is 11.6 Å². The van der Waals surface area contributed by atoms with Gasteiger partial charge in [0.05, 0.1) is 6.54 Å². The molecule has 0 aliphatic carbocycles. The van der Waals surface area contributed by atoms with Gasteiger partial charge in [-0.3, -0.25) is 5.10 Å². The van der Waals surface area contributed by atoms with E-state index in [-0.39, 0.29) is 12.6 Å². The van der Waals surface area contributed by atoms with Crippen molar-refractivity contribution in [2.45, 2.75) is 25.3 Å². The lowest BCUT2D eigenvalue weighted by Crippen LogP contribution is -2.44. The van der Waals surface area contributed by atoms with E-state index in [1.807, 2.05) is 0 Å². The lowest BCUT2D eigenvalue weighted by atomic mass is 9.96. The topological polar surface area (TPSA) is 139 Å². The molecule has 0 atom stereocenters. The second-order valence-corrected chi connectivity index (χ2v) is 5.87. The Morgan fingerprint density at radius 1 is 1.23 bits per heavy atom. The van der Waals surface area contributed by atoms with E-state index in [0.29, 0.717) is 36.5 Å². The summed E-state index contributed by atoms with van der Waals surface area (Å²) in [6, 6.07) is 1.55. The zero-order valence-corrected chi connectivity index (χ0v) is 13.9. The molecule has 11 heteroatoms. The van der Waals surface area contributed by atoms with Gasteiger partial charge >= 0.3 is 6.03 Å². The number of urea groups is 1. The maximum Gasteiger partial charge on any atom is 0.317 e. The number of piperidine rings is 1. The van der Waals surface area contributed by atoms with Crippen LogP contribution in [0.4, 0.5) is 4.79 Å². The molecule has 1 fully saturated rings. The maximum atomic E-state index is 12.3. The fraction of sp³-hybridized carbons (Fsp3) is 0.400. The average molecular weight is 355 g/mol. The molecule has 0 radical (unpaired) electrons. The SMILES string of the molecule is O=C(NCc1nc(-c2ncccn2)no1)N1CCC(c2ncn[nH]2)CC1. The summed E-state index contributed by atoms with van der Waals surface area (Å²) in [5.41, 5.74) is 0. The van der Waals surface area contributed by atoms with E-state index in [9.17, 15) is 4.79 Å². The Hall–Kier alpha value is -3.37. The quantitative estimate of drug-likeness (QED) is 0.698. The summed E-state index contributed by atoms with van der Waals surface area (Å²) < 4.78 is 5.13. The molecule has 0 unspecified atom stereocenters. The van der Waals surface area contributed by atoms with Gasteiger partial charge in [-0.25, -0.2) is 19.7 Å². The summed E-state index contributed by atoms with van der Waals surface area (Å²) >= 11 is 0. The molecule has 26 heavy (non-hydrogen) atoms. The molecule has 2 N–H and O–H groups in total. The van der Waals surface area contributed by atoms with Crippen molar-refractivity contribution < 1.29 is 9.32 Å². The van der Waals surface area contributed by atoms with Crippen molar-refractivity contribution in [2.75, 3.05) is 13.1 Å². The number of nitrogens with one attached hydrogen (secondary N) is 2. The molecule has 2 amide bonds. The fourth-order valence-corrected chi connectivity index (χ4v) is 2.86. The van der Waals surface area contributed by atoms with Gasteiger partial charge in [0.1, 0.15) is 12.2 Å². The highest BCUT2D eigenvalue weighted by molar-refractivity contribution is 5.74. The van der Waals surface area contributed by atoms with E-state index < -0.39 is 0 Å². The first-order valence-electron chi connectivity index (χ1n) is 8.27. The van der Waals surface area contributed by atoms with Gasteiger partial charge in [-0.05, 0) is 18.9 Å². The minimum Gasteiger partial charge on any atom is -0.337 e. The monoisotopic (exact) mass is 355 g/mol. The van der Waals surface area contributed by atoms with Crippen LogP contribution in [0.3, 0.4) is 0 Å². The van der Waals surface area contributed by atoms with Crippen molar-refractivity contribution in [3.8, 4) is 11.6 Å². The number of amides is 2. The van der Waals surface area contributed by atoms with Crippen molar-refractivity contribution in [1.29, 1.82) is 0 Å². The van der Waals surface area contributed by atoms with Gasteiger partial charge in [0.2, 0.25) is 17.5 Å². The van der Waals surface area contributed by atoms with Crippen molar-refractivity contribution >= 4 is 6.03 Å². The summed E-state index contributed by atoms with van der Waals surface area (Å²) in [6.07, 6.45) is 6.40. The summed E-state index contributed by atoms with van der Waals surface area (Å²) in [6.45, 7) is 1.47. The van der Waals surface area contributed by atoms with E-state index in [4.69, 9.17) is 4.52 Å². The summed E-state index contributed by atoms with van der Waals surface area (Å²) in [4.78, 5) is 30.6. The Morgan fingerprint density at radius 3 is 2.77 bits per heavy atom. The van der Waals surface area contributed by atoms with E-state index >= 15 is 0 Å². The van der Waals surface area contributed by atoms with Gasteiger partial charge < -0.3 is 14.7 Å². The number of hydrogen-bond acceptors (Lipinski definition) is 8. The first-order valence-corrected chi connectivity index (χ1v) is 8.27. The minimum atomic E-state index is -0.156. The van der Waals surface area contributed by atoms with Crippen molar-refractivity contribution in [1.82, 2.24) is 45.5 Å². The van der Waals surface area contributed by atoms with Crippen molar-refractivity contribution in [3.63, 3.8) is 0 Å². The molecule has 134 valence electrons. The Kier molecular flexibility index (Phi) is 4.50. The number of aromatic nitrogens is 7. The molecule has 1 aliphatic heterocycles. The Balaban J connectivity index is 1.28. The molecule has 3 aromatic heterocycles. The zero-order valence-electron chi connectivity index (χ0n) is 13.9. The molecule has 1 saturated heterocycles. The molecule has 11 nitrogen and oxygen atoms in total. The molecule has 4 rings (SSSR count).